The topological polar surface area (TPSA) is 58.6 Å². The zero-order valence-electron chi connectivity index (χ0n) is 12.0. The number of rotatable bonds is 5. The van der Waals surface area contributed by atoms with Crippen molar-refractivity contribution in [2.75, 3.05) is 4.43 Å². The number of aliphatic hydroxyl groups is 1. The van der Waals surface area contributed by atoms with Crippen LogP contribution >= 0.6 is 0 Å². The van der Waals surface area contributed by atoms with Crippen molar-refractivity contribution in [2.24, 2.45) is 0 Å². The number of alkyl carbamates (subject to hydrolysis) is 1. The molecular weight excluding hydrogens is 369 g/mol. The molecule has 1 heterocycles. The van der Waals surface area contributed by atoms with Crippen molar-refractivity contribution < 1.29 is 35.8 Å². The van der Waals surface area contributed by atoms with Gasteiger partial charge in [0.25, 0.3) is 0 Å². The first-order valence-corrected chi connectivity index (χ1v) is 9.58. The fraction of sp³-hybridized carbons (Fsp3) is 0.533. The summed E-state index contributed by atoms with van der Waals surface area (Å²) in [6, 6.07) is 7.96. The van der Waals surface area contributed by atoms with E-state index in [1.54, 1.807) is 6.92 Å². The van der Waals surface area contributed by atoms with Crippen LogP contribution in [-0.4, -0.2) is 27.8 Å². The standard InChI is InChI=1S/C15H21INO3/c1-9(2)17-15(19)20-10(3)14(18)12-7-5-4-6-11(12)13-8-16-13/h4-7,9-10,13-14,18H,8H2,1-3H3,(H,17,19)/q-1/t10-,13?,14+/m1/s1. The quantitative estimate of drug-likeness (QED) is 0.521. The molecule has 0 saturated carbocycles. The molecule has 20 heavy (non-hydrogen) atoms. The van der Waals surface area contributed by atoms with Crippen LogP contribution in [0.5, 0.6) is 0 Å². The Morgan fingerprint density at radius 3 is 2.65 bits per heavy atom. The van der Waals surface area contributed by atoms with E-state index in [1.807, 2.05) is 32.0 Å². The van der Waals surface area contributed by atoms with E-state index in [4.69, 9.17) is 4.74 Å². The van der Waals surface area contributed by atoms with Gasteiger partial charge in [-0.3, -0.25) is 0 Å². The van der Waals surface area contributed by atoms with Crippen LogP contribution in [0.3, 0.4) is 0 Å². The van der Waals surface area contributed by atoms with Crippen LogP contribution in [0.15, 0.2) is 24.3 Å². The van der Waals surface area contributed by atoms with E-state index < -0.39 is 18.3 Å². The van der Waals surface area contributed by atoms with E-state index in [-0.39, 0.29) is 27.2 Å². The maximum atomic E-state index is 11.6. The number of amides is 1. The van der Waals surface area contributed by atoms with Crippen molar-refractivity contribution in [3.05, 3.63) is 35.4 Å². The molecule has 0 radical (unpaired) electrons. The molecule has 1 fully saturated rings. The van der Waals surface area contributed by atoms with Crippen molar-refractivity contribution >= 4 is 6.09 Å². The first kappa shape index (κ1) is 15.6. The second-order valence-electron chi connectivity index (χ2n) is 5.26. The summed E-state index contributed by atoms with van der Waals surface area (Å²) in [4.78, 5) is 11.6. The van der Waals surface area contributed by atoms with E-state index in [0.717, 1.165) is 5.56 Å². The number of carbonyl (C=O) groups excluding carboxylic acids is 1. The first-order chi connectivity index (χ1) is 9.49. The van der Waals surface area contributed by atoms with Crippen molar-refractivity contribution in [2.45, 2.75) is 42.9 Å². The van der Waals surface area contributed by atoms with Gasteiger partial charge in [0, 0.05) is 0 Å². The molecule has 112 valence electrons. The Hall–Kier alpha value is -0.820. The van der Waals surface area contributed by atoms with Gasteiger partial charge in [-0.2, -0.15) is 0 Å². The van der Waals surface area contributed by atoms with Gasteiger partial charge >= 0.3 is 130 Å². The number of hydrogen-bond donors (Lipinski definition) is 2. The predicted molar refractivity (Wildman–Crippen MR) is 73.2 cm³/mol. The molecule has 2 rings (SSSR count). The molecule has 1 aromatic carbocycles. The summed E-state index contributed by atoms with van der Waals surface area (Å²) >= 11 is 0.273. The Kier molecular flexibility index (Phi) is 5.26. The van der Waals surface area contributed by atoms with Gasteiger partial charge in [-0.25, -0.2) is 0 Å². The molecule has 5 heteroatoms. The minimum absolute atomic E-state index is 0.0235. The van der Waals surface area contributed by atoms with E-state index in [2.05, 4.69) is 11.4 Å². The third-order valence-electron chi connectivity index (χ3n) is 3.10. The summed E-state index contributed by atoms with van der Waals surface area (Å²) in [7, 11) is 0. The molecule has 1 saturated heterocycles. The van der Waals surface area contributed by atoms with Crippen LogP contribution in [0.4, 0.5) is 4.79 Å². The fourth-order valence-electron chi connectivity index (χ4n) is 2.03. The summed E-state index contributed by atoms with van der Waals surface area (Å²) in [5.74, 6) is 0. The van der Waals surface area contributed by atoms with E-state index in [9.17, 15) is 9.90 Å². The van der Waals surface area contributed by atoms with Crippen molar-refractivity contribution in [3.8, 4) is 0 Å². The van der Waals surface area contributed by atoms with Gasteiger partial charge in [0.15, 0.2) is 0 Å². The molecule has 1 unspecified atom stereocenters. The van der Waals surface area contributed by atoms with Crippen LogP contribution < -0.4 is 26.5 Å². The van der Waals surface area contributed by atoms with Crippen LogP contribution in [0.2, 0.25) is 0 Å². The molecule has 1 amide bonds. The van der Waals surface area contributed by atoms with Gasteiger partial charge in [-0.15, -0.1) is 0 Å². The Balaban J connectivity index is 2.03. The number of aliphatic hydroxyl groups excluding tert-OH is 1. The number of carbonyl (C=O) groups is 1. The normalized spacial score (nSPS) is 20.8. The summed E-state index contributed by atoms with van der Waals surface area (Å²) in [5, 5.41) is 13.1. The third-order valence-corrected chi connectivity index (χ3v) is 5.54. The number of nitrogens with one attached hydrogen (secondary N) is 1. The average molecular weight is 390 g/mol. The number of benzene rings is 1. The SMILES string of the molecule is CC(C)NC(=O)O[C@H](C)[C@H](O)c1ccccc1C1C[I-]1. The number of ether oxygens (including phenoxy) is 1. The monoisotopic (exact) mass is 390 g/mol. The van der Waals surface area contributed by atoms with Gasteiger partial charge in [-0.05, 0) is 0 Å². The number of hydrogen-bond acceptors (Lipinski definition) is 3. The van der Waals surface area contributed by atoms with Crippen LogP contribution in [0.25, 0.3) is 0 Å². The van der Waals surface area contributed by atoms with E-state index >= 15 is 0 Å². The summed E-state index contributed by atoms with van der Waals surface area (Å²) in [6.07, 6.45) is -1.82. The van der Waals surface area contributed by atoms with Crippen molar-refractivity contribution in [3.63, 3.8) is 0 Å². The Labute approximate surface area is 130 Å². The minimum atomic E-state index is -0.770. The zero-order valence-corrected chi connectivity index (χ0v) is 14.1. The average Bonchev–Trinajstić information content (AvgIpc) is 3.21. The Bertz CT molecular complexity index is 474. The van der Waals surface area contributed by atoms with Gasteiger partial charge in [0.1, 0.15) is 0 Å². The van der Waals surface area contributed by atoms with E-state index in [0.29, 0.717) is 3.92 Å². The maximum absolute atomic E-state index is 11.6. The summed E-state index contributed by atoms with van der Waals surface area (Å²) in [6.45, 7) is 5.46. The summed E-state index contributed by atoms with van der Waals surface area (Å²) in [5.41, 5.74) is 2.13. The van der Waals surface area contributed by atoms with Crippen LogP contribution in [0.1, 0.15) is 41.9 Å². The second kappa shape index (κ2) is 6.76. The van der Waals surface area contributed by atoms with Crippen LogP contribution in [-0.2, 0) is 4.74 Å². The van der Waals surface area contributed by atoms with Gasteiger partial charge in [0.2, 0.25) is 0 Å². The Morgan fingerprint density at radius 2 is 2.05 bits per heavy atom. The number of halogens is 1. The Morgan fingerprint density at radius 1 is 1.40 bits per heavy atom. The third kappa shape index (κ3) is 4.09. The molecule has 2 N–H and O–H groups in total. The van der Waals surface area contributed by atoms with Crippen LogP contribution in [0, 0.1) is 0 Å². The second-order valence-corrected chi connectivity index (χ2v) is 8.52. The van der Waals surface area contributed by atoms with Crippen molar-refractivity contribution in [1.29, 1.82) is 0 Å². The molecule has 0 spiro atoms. The fourth-order valence-corrected chi connectivity index (χ4v) is 3.80. The molecule has 3 atom stereocenters. The van der Waals surface area contributed by atoms with Gasteiger partial charge in [-0.1, -0.05) is 0 Å². The predicted octanol–water partition coefficient (Wildman–Crippen LogP) is -0.613. The van der Waals surface area contributed by atoms with E-state index in [1.165, 1.54) is 9.99 Å². The first-order valence-electron chi connectivity index (χ1n) is 6.80. The summed E-state index contributed by atoms with van der Waals surface area (Å²) < 4.78 is 7.19. The molecule has 1 aliphatic heterocycles. The number of alkyl halides is 2. The van der Waals surface area contributed by atoms with Gasteiger partial charge < -0.3 is 0 Å². The van der Waals surface area contributed by atoms with Crippen molar-refractivity contribution in [1.82, 2.24) is 5.32 Å². The molecule has 4 nitrogen and oxygen atoms in total. The van der Waals surface area contributed by atoms with Gasteiger partial charge in [0.05, 0.1) is 0 Å². The molecular formula is C15H21INO3-. The molecule has 1 aliphatic rings. The molecule has 0 aliphatic carbocycles. The molecule has 0 bridgehead atoms. The zero-order chi connectivity index (χ0) is 14.7. The molecule has 1 aromatic rings. The molecule has 0 aromatic heterocycles.